The number of nitrogens with zero attached hydrogens (tertiary/aromatic N) is 3. The summed E-state index contributed by atoms with van der Waals surface area (Å²) >= 11 is 8.39. The van der Waals surface area contributed by atoms with Crippen molar-refractivity contribution in [2.24, 2.45) is 0 Å². The summed E-state index contributed by atoms with van der Waals surface area (Å²) < 4.78 is 5.64. The van der Waals surface area contributed by atoms with Gasteiger partial charge in [-0.15, -0.1) is 11.3 Å². The molecule has 0 aliphatic rings. The molecule has 0 saturated carbocycles. The first-order valence-electron chi connectivity index (χ1n) is 11.8. The van der Waals surface area contributed by atoms with E-state index in [1.54, 1.807) is 18.4 Å². The van der Waals surface area contributed by atoms with Crippen LogP contribution in [0.5, 0.6) is 5.75 Å². The Morgan fingerprint density at radius 1 is 1.11 bits per heavy atom. The molecule has 2 heterocycles. The summed E-state index contributed by atoms with van der Waals surface area (Å²) in [5.74, 6) is 2.75. The van der Waals surface area contributed by atoms with Gasteiger partial charge in [-0.05, 0) is 74.1 Å². The minimum absolute atomic E-state index is 0.0654. The summed E-state index contributed by atoms with van der Waals surface area (Å²) in [6, 6.07) is 12.6. The highest BCUT2D eigenvalue weighted by Gasteiger charge is 2.18. The van der Waals surface area contributed by atoms with Crippen LogP contribution in [-0.2, 0) is 6.54 Å². The smallest absolute Gasteiger partial charge is 0.138 e. The van der Waals surface area contributed by atoms with Crippen LogP contribution in [0.15, 0.2) is 41.8 Å². The third kappa shape index (κ3) is 5.45. The summed E-state index contributed by atoms with van der Waals surface area (Å²) in [5, 5.41) is 7.62. The number of nitrogens with one attached hydrogen (secondary N) is 1. The first-order chi connectivity index (χ1) is 16.7. The van der Waals surface area contributed by atoms with Crippen molar-refractivity contribution in [2.75, 3.05) is 26.5 Å². The van der Waals surface area contributed by atoms with Gasteiger partial charge in [-0.2, -0.15) is 0 Å². The van der Waals surface area contributed by atoms with Gasteiger partial charge in [-0.1, -0.05) is 37.6 Å². The number of benzene rings is 2. The molecular weight excluding hydrogens is 476 g/mol. The van der Waals surface area contributed by atoms with Gasteiger partial charge in [0, 0.05) is 33.5 Å². The van der Waals surface area contributed by atoms with E-state index < -0.39 is 0 Å². The van der Waals surface area contributed by atoms with E-state index in [0.29, 0.717) is 5.92 Å². The number of anilines is 1. The van der Waals surface area contributed by atoms with Crippen LogP contribution in [0.1, 0.15) is 54.6 Å². The molecule has 1 atom stereocenters. The Balaban J connectivity index is 1.69. The fraction of sp³-hybridized carbons (Fsp3) is 0.357. The SMILES string of the molecule is COc1cc2nc(C)nc(N[C@H](C)c3cc(-c4c(Cl)cccc4CN(C)C)cs3)c2cc1C(C)C. The van der Waals surface area contributed by atoms with E-state index in [2.05, 4.69) is 73.6 Å². The lowest BCUT2D eigenvalue weighted by atomic mass is 9.99. The molecule has 0 spiro atoms. The lowest BCUT2D eigenvalue weighted by Crippen LogP contribution is -2.11. The first kappa shape index (κ1) is 25.4. The highest BCUT2D eigenvalue weighted by Crippen LogP contribution is 2.38. The Kier molecular flexibility index (Phi) is 7.64. The maximum absolute atomic E-state index is 6.66. The number of aromatic nitrogens is 2. The molecule has 2 aromatic heterocycles. The predicted molar refractivity (Wildman–Crippen MR) is 149 cm³/mol. The number of halogens is 1. The Labute approximate surface area is 217 Å². The number of aryl methyl sites for hydroxylation is 1. The lowest BCUT2D eigenvalue weighted by Gasteiger charge is -2.18. The Bertz CT molecular complexity index is 1350. The number of ether oxygens (including phenoxy) is 1. The fourth-order valence-electron chi connectivity index (χ4n) is 4.38. The molecule has 4 aromatic rings. The van der Waals surface area contributed by atoms with Crippen LogP contribution in [0.3, 0.4) is 0 Å². The predicted octanol–water partition coefficient (Wildman–Crippen LogP) is 7.69. The highest BCUT2D eigenvalue weighted by molar-refractivity contribution is 7.10. The van der Waals surface area contributed by atoms with Gasteiger partial charge < -0.3 is 15.0 Å². The van der Waals surface area contributed by atoms with E-state index in [0.717, 1.165) is 56.6 Å². The molecule has 0 aliphatic carbocycles. The van der Waals surface area contributed by atoms with Crippen LogP contribution in [-0.4, -0.2) is 36.1 Å². The third-order valence-electron chi connectivity index (χ3n) is 6.06. The van der Waals surface area contributed by atoms with Gasteiger partial charge in [-0.25, -0.2) is 9.97 Å². The molecule has 7 heteroatoms. The van der Waals surface area contributed by atoms with Crippen molar-refractivity contribution in [3.05, 3.63) is 68.6 Å². The summed E-state index contributed by atoms with van der Waals surface area (Å²) in [6.45, 7) is 9.26. The van der Waals surface area contributed by atoms with Gasteiger partial charge >= 0.3 is 0 Å². The topological polar surface area (TPSA) is 50.3 Å². The number of thiophene rings is 1. The number of rotatable bonds is 8. The van der Waals surface area contributed by atoms with E-state index in [-0.39, 0.29) is 6.04 Å². The van der Waals surface area contributed by atoms with Crippen LogP contribution in [0.2, 0.25) is 5.02 Å². The van der Waals surface area contributed by atoms with Gasteiger partial charge in [0.1, 0.15) is 17.4 Å². The molecule has 2 aromatic carbocycles. The van der Waals surface area contributed by atoms with Crippen molar-refractivity contribution in [1.29, 1.82) is 0 Å². The minimum atomic E-state index is 0.0654. The Morgan fingerprint density at radius 3 is 2.57 bits per heavy atom. The summed E-state index contributed by atoms with van der Waals surface area (Å²) in [7, 11) is 5.85. The quantitative estimate of drug-likeness (QED) is 0.264. The fourth-order valence-corrected chi connectivity index (χ4v) is 5.59. The second-order valence-corrected chi connectivity index (χ2v) is 10.9. The maximum Gasteiger partial charge on any atom is 0.138 e. The number of hydrogen-bond acceptors (Lipinski definition) is 6. The monoisotopic (exact) mass is 508 g/mol. The maximum atomic E-state index is 6.66. The molecule has 0 amide bonds. The molecule has 184 valence electrons. The van der Waals surface area contributed by atoms with Crippen molar-refractivity contribution in [3.63, 3.8) is 0 Å². The van der Waals surface area contributed by atoms with E-state index in [1.807, 2.05) is 25.1 Å². The normalized spacial score (nSPS) is 12.5. The second kappa shape index (κ2) is 10.5. The van der Waals surface area contributed by atoms with Crippen molar-refractivity contribution in [1.82, 2.24) is 14.9 Å². The number of fused-ring (bicyclic) bond motifs is 1. The number of methoxy groups -OCH3 is 1. The van der Waals surface area contributed by atoms with Gasteiger partial charge in [0.25, 0.3) is 0 Å². The van der Waals surface area contributed by atoms with Gasteiger partial charge in [0.15, 0.2) is 0 Å². The second-order valence-electron chi connectivity index (χ2n) is 9.50. The molecule has 4 rings (SSSR count). The highest BCUT2D eigenvalue weighted by atomic mass is 35.5. The van der Waals surface area contributed by atoms with Gasteiger partial charge in [-0.3, -0.25) is 0 Å². The van der Waals surface area contributed by atoms with Gasteiger partial charge in [0.05, 0.1) is 18.7 Å². The molecule has 0 saturated heterocycles. The van der Waals surface area contributed by atoms with Crippen LogP contribution in [0.25, 0.3) is 22.0 Å². The summed E-state index contributed by atoms with van der Waals surface area (Å²) in [6.07, 6.45) is 0. The number of hydrogen-bond donors (Lipinski definition) is 1. The third-order valence-corrected chi connectivity index (χ3v) is 7.49. The van der Waals surface area contributed by atoms with Gasteiger partial charge in [0.2, 0.25) is 0 Å². The first-order valence-corrected chi connectivity index (χ1v) is 13.1. The molecule has 1 N–H and O–H groups in total. The van der Waals surface area contributed by atoms with Crippen molar-refractivity contribution >= 4 is 39.7 Å². The standard InChI is InChI=1S/C28H33ClN4OS/c1-16(2)21-12-22-24(13-25(21)34-7)31-18(4)32-28(22)30-17(3)26-11-20(15-35-26)27-19(14-33(5)6)9-8-10-23(27)29/h8-13,15-17H,14H2,1-7H3,(H,30,31,32)/t17-/m1/s1. The average Bonchev–Trinajstić information content (AvgIpc) is 3.27. The summed E-state index contributed by atoms with van der Waals surface area (Å²) in [5.41, 5.74) is 5.50. The van der Waals surface area contributed by atoms with Crippen LogP contribution in [0, 0.1) is 6.92 Å². The van der Waals surface area contributed by atoms with Crippen molar-refractivity contribution < 1.29 is 4.74 Å². The van der Waals surface area contributed by atoms with Crippen LogP contribution >= 0.6 is 22.9 Å². The zero-order valence-corrected chi connectivity index (χ0v) is 23.0. The average molecular weight is 509 g/mol. The van der Waals surface area contributed by atoms with Crippen LogP contribution in [0.4, 0.5) is 5.82 Å². The van der Waals surface area contributed by atoms with E-state index in [9.17, 15) is 0 Å². The largest absolute Gasteiger partial charge is 0.496 e. The van der Waals surface area contributed by atoms with E-state index >= 15 is 0 Å². The molecule has 35 heavy (non-hydrogen) atoms. The Hall–Kier alpha value is -2.67. The zero-order valence-electron chi connectivity index (χ0n) is 21.4. The van der Waals surface area contributed by atoms with E-state index in [1.165, 1.54) is 10.4 Å². The van der Waals surface area contributed by atoms with Crippen molar-refractivity contribution in [2.45, 2.75) is 46.2 Å². The molecule has 0 bridgehead atoms. The molecule has 5 nitrogen and oxygen atoms in total. The molecule has 0 aliphatic heterocycles. The summed E-state index contributed by atoms with van der Waals surface area (Å²) in [4.78, 5) is 12.8. The van der Waals surface area contributed by atoms with Crippen LogP contribution < -0.4 is 10.1 Å². The molecular formula is C28H33ClN4OS. The van der Waals surface area contributed by atoms with E-state index in [4.69, 9.17) is 21.3 Å². The Morgan fingerprint density at radius 2 is 1.89 bits per heavy atom. The zero-order chi connectivity index (χ0) is 25.3. The van der Waals surface area contributed by atoms with Crippen molar-refractivity contribution in [3.8, 4) is 16.9 Å². The minimum Gasteiger partial charge on any atom is -0.496 e. The molecule has 0 radical (unpaired) electrons. The lowest BCUT2D eigenvalue weighted by molar-refractivity contribution is 0.403. The molecule has 0 unspecified atom stereocenters. The molecule has 0 fully saturated rings.